The van der Waals surface area contributed by atoms with Crippen molar-refractivity contribution in [2.24, 2.45) is 11.3 Å². The Kier molecular flexibility index (Phi) is 4.31. The lowest BCUT2D eigenvalue weighted by Gasteiger charge is -2.38. The molecule has 27 heavy (non-hydrogen) atoms. The molecule has 0 unspecified atom stereocenters. The molecule has 2 saturated heterocycles. The third kappa shape index (κ3) is 3.43. The van der Waals surface area contributed by atoms with Crippen molar-refractivity contribution in [3.63, 3.8) is 0 Å². The van der Waals surface area contributed by atoms with Gasteiger partial charge >= 0.3 is 0 Å². The Morgan fingerprint density at radius 3 is 2.63 bits per heavy atom. The van der Waals surface area contributed by atoms with Crippen LogP contribution in [0.4, 0.5) is 0 Å². The molecule has 1 amide bonds. The monoisotopic (exact) mass is 372 g/mol. The fourth-order valence-electron chi connectivity index (χ4n) is 4.85. The van der Waals surface area contributed by atoms with Crippen molar-refractivity contribution in [3.05, 3.63) is 27.9 Å². The maximum Gasteiger partial charge on any atom is 0.285 e. The molecule has 146 valence electrons. The molecule has 0 atom stereocenters. The van der Waals surface area contributed by atoms with Gasteiger partial charge < -0.3 is 19.1 Å². The van der Waals surface area contributed by atoms with E-state index in [9.17, 15) is 9.59 Å². The van der Waals surface area contributed by atoms with Crippen molar-refractivity contribution in [1.82, 2.24) is 19.4 Å². The van der Waals surface area contributed by atoms with E-state index in [-0.39, 0.29) is 22.4 Å². The van der Waals surface area contributed by atoms with Gasteiger partial charge in [-0.2, -0.15) is 4.98 Å². The molecule has 0 radical (unpaired) electrons. The van der Waals surface area contributed by atoms with Crippen LogP contribution >= 0.6 is 0 Å². The minimum atomic E-state index is -0.374. The van der Waals surface area contributed by atoms with Gasteiger partial charge in [0.25, 0.3) is 11.5 Å². The highest BCUT2D eigenvalue weighted by Crippen LogP contribution is 2.41. The van der Waals surface area contributed by atoms with E-state index in [0.29, 0.717) is 26.3 Å². The number of hydrogen-bond donors (Lipinski definition) is 0. The van der Waals surface area contributed by atoms with Crippen LogP contribution in [0.1, 0.15) is 41.9 Å². The highest BCUT2D eigenvalue weighted by molar-refractivity contribution is 5.93. The summed E-state index contributed by atoms with van der Waals surface area (Å²) in [4.78, 5) is 33.9. The van der Waals surface area contributed by atoms with Crippen LogP contribution in [0.2, 0.25) is 0 Å². The topological polar surface area (TPSA) is 67.7 Å². The van der Waals surface area contributed by atoms with E-state index >= 15 is 0 Å². The lowest BCUT2D eigenvalue weighted by molar-refractivity contribution is 0.0301. The first-order valence-corrected chi connectivity index (χ1v) is 10.3. The zero-order valence-corrected chi connectivity index (χ0v) is 15.9. The molecule has 3 fully saturated rings. The predicted molar refractivity (Wildman–Crippen MR) is 99.8 cm³/mol. The summed E-state index contributed by atoms with van der Waals surface area (Å²) < 4.78 is 7.38. The number of carbonyl (C=O) groups excluding carboxylic acids is 1. The summed E-state index contributed by atoms with van der Waals surface area (Å²) in [5.74, 6) is 1.59. The summed E-state index contributed by atoms with van der Waals surface area (Å²) in [6.07, 6.45) is 7.76. The molecule has 1 spiro atoms. The summed E-state index contributed by atoms with van der Waals surface area (Å²) in [6, 6.07) is 0. The van der Waals surface area contributed by atoms with Gasteiger partial charge in [-0.1, -0.05) is 0 Å². The third-order valence-electron chi connectivity index (χ3n) is 6.78. The van der Waals surface area contributed by atoms with Gasteiger partial charge in [-0.3, -0.25) is 9.59 Å². The first-order chi connectivity index (χ1) is 13.1. The largest absolute Gasteiger partial charge is 0.378 e. The lowest BCUT2D eigenvalue weighted by atomic mass is 9.77. The minimum absolute atomic E-state index is 0.202. The fraction of sp³-hybridized carbons (Fsp3) is 0.750. The fourth-order valence-corrected chi connectivity index (χ4v) is 4.85. The normalized spacial score (nSPS) is 25.0. The SMILES string of the molecule is O=C(c1cn2c(nc1=O)CC1(CCN(CC3CC3)CC1)C2)N1CCOCC1. The summed E-state index contributed by atoms with van der Waals surface area (Å²) in [7, 11) is 0. The smallest absolute Gasteiger partial charge is 0.285 e. The van der Waals surface area contributed by atoms with Crippen LogP contribution in [0.5, 0.6) is 0 Å². The maximum atomic E-state index is 12.8. The van der Waals surface area contributed by atoms with Crippen LogP contribution in [0.15, 0.2) is 11.0 Å². The highest BCUT2D eigenvalue weighted by atomic mass is 16.5. The molecule has 1 saturated carbocycles. The molecule has 5 rings (SSSR count). The lowest BCUT2D eigenvalue weighted by Crippen LogP contribution is -2.43. The van der Waals surface area contributed by atoms with Gasteiger partial charge in [0.15, 0.2) is 0 Å². The second kappa shape index (κ2) is 6.71. The van der Waals surface area contributed by atoms with Crippen LogP contribution < -0.4 is 5.56 Å². The molecule has 3 aliphatic heterocycles. The molecule has 1 aromatic rings. The minimum Gasteiger partial charge on any atom is -0.378 e. The van der Waals surface area contributed by atoms with Crippen molar-refractivity contribution in [1.29, 1.82) is 0 Å². The number of carbonyl (C=O) groups is 1. The summed E-state index contributed by atoms with van der Waals surface area (Å²) in [5, 5.41) is 0. The first kappa shape index (κ1) is 17.4. The number of ether oxygens (including phenoxy) is 1. The van der Waals surface area contributed by atoms with Crippen molar-refractivity contribution < 1.29 is 9.53 Å². The number of fused-ring (bicyclic) bond motifs is 1. The second-order valence-corrected chi connectivity index (χ2v) is 8.83. The van der Waals surface area contributed by atoms with E-state index in [2.05, 4.69) is 14.5 Å². The number of morpholine rings is 1. The maximum absolute atomic E-state index is 12.8. The molecule has 1 aliphatic carbocycles. The molecular formula is C20H28N4O3. The van der Waals surface area contributed by atoms with Gasteiger partial charge in [0.05, 0.1) is 13.2 Å². The Morgan fingerprint density at radius 1 is 1.19 bits per heavy atom. The molecule has 0 aromatic carbocycles. The van der Waals surface area contributed by atoms with Crippen LogP contribution in [0, 0.1) is 11.3 Å². The second-order valence-electron chi connectivity index (χ2n) is 8.83. The van der Waals surface area contributed by atoms with Gasteiger partial charge in [0.1, 0.15) is 11.4 Å². The van der Waals surface area contributed by atoms with Crippen LogP contribution in [0.3, 0.4) is 0 Å². The van der Waals surface area contributed by atoms with E-state index in [1.54, 1.807) is 11.1 Å². The number of piperidine rings is 1. The van der Waals surface area contributed by atoms with Crippen molar-refractivity contribution in [3.8, 4) is 0 Å². The predicted octanol–water partition coefficient (Wildman–Crippen LogP) is 0.764. The average molecular weight is 372 g/mol. The average Bonchev–Trinajstić information content (AvgIpc) is 3.44. The van der Waals surface area contributed by atoms with Gasteiger partial charge in [0.2, 0.25) is 0 Å². The zero-order valence-electron chi connectivity index (χ0n) is 15.9. The Labute approximate surface area is 159 Å². The number of likely N-dealkylation sites (tertiary alicyclic amines) is 1. The van der Waals surface area contributed by atoms with Crippen LogP contribution in [0.25, 0.3) is 0 Å². The van der Waals surface area contributed by atoms with Crippen molar-refractivity contribution >= 4 is 5.91 Å². The molecule has 0 bridgehead atoms. The summed E-state index contributed by atoms with van der Waals surface area (Å²) in [6.45, 7) is 6.59. The Morgan fingerprint density at radius 2 is 1.93 bits per heavy atom. The number of aromatic nitrogens is 2. The third-order valence-corrected chi connectivity index (χ3v) is 6.78. The van der Waals surface area contributed by atoms with E-state index in [0.717, 1.165) is 50.6 Å². The van der Waals surface area contributed by atoms with Gasteiger partial charge in [-0.05, 0) is 50.1 Å². The highest BCUT2D eigenvalue weighted by Gasteiger charge is 2.41. The molecule has 0 N–H and O–H groups in total. The molecule has 1 aromatic heterocycles. The number of nitrogens with zero attached hydrogens (tertiary/aromatic N) is 4. The molecule has 4 heterocycles. The Hall–Kier alpha value is -1.73. The number of hydrogen-bond acceptors (Lipinski definition) is 5. The van der Waals surface area contributed by atoms with E-state index in [1.807, 2.05) is 0 Å². The van der Waals surface area contributed by atoms with E-state index in [1.165, 1.54) is 19.4 Å². The number of amides is 1. The van der Waals surface area contributed by atoms with Crippen LogP contribution in [-0.4, -0.2) is 71.2 Å². The van der Waals surface area contributed by atoms with Gasteiger partial charge in [-0.25, -0.2) is 0 Å². The Bertz CT molecular complexity index is 787. The summed E-state index contributed by atoms with van der Waals surface area (Å²) >= 11 is 0. The zero-order chi connectivity index (χ0) is 18.4. The molecule has 4 aliphatic rings. The van der Waals surface area contributed by atoms with Crippen LogP contribution in [-0.2, 0) is 17.7 Å². The quantitative estimate of drug-likeness (QED) is 0.784. The number of rotatable bonds is 3. The standard InChI is InChI=1S/C20H28N4O3/c25-18-16(19(26)23-7-9-27-10-8-23)13-24-14-20(11-17(24)21-18)3-5-22(6-4-20)12-15-1-2-15/h13,15H,1-12,14H2. The summed E-state index contributed by atoms with van der Waals surface area (Å²) in [5.41, 5.74) is 0.0532. The van der Waals surface area contributed by atoms with Gasteiger partial charge in [0, 0.05) is 38.8 Å². The van der Waals surface area contributed by atoms with E-state index < -0.39 is 0 Å². The Balaban J connectivity index is 1.30. The van der Waals surface area contributed by atoms with Gasteiger partial charge in [-0.15, -0.1) is 0 Å². The molecule has 7 heteroatoms. The molecular weight excluding hydrogens is 344 g/mol. The molecule has 7 nitrogen and oxygen atoms in total. The first-order valence-electron chi connectivity index (χ1n) is 10.3. The van der Waals surface area contributed by atoms with E-state index in [4.69, 9.17) is 4.74 Å². The van der Waals surface area contributed by atoms with Crippen molar-refractivity contribution in [2.75, 3.05) is 45.9 Å². The van der Waals surface area contributed by atoms with Crippen molar-refractivity contribution in [2.45, 2.75) is 38.6 Å².